The molecule has 0 aromatic heterocycles. The molecule has 2 bridgehead atoms. The predicted octanol–water partition coefficient (Wildman–Crippen LogP) is 1.33. The van der Waals surface area contributed by atoms with Crippen molar-refractivity contribution < 1.29 is 22.7 Å². The van der Waals surface area contributed by atoms with Crippen molar-refractivity contribution in [1.29, 1.82) is 0 Å². The minimum atomic E-state index is -4.40. The number of likely N-dealkylation sites (tertiary alicyclic amines) is 1. The van der Waals surface area contributed by atoms with Gasteiger partial charge in [0.15, 0.2) is 0 Å². The summed E-state index contributed by atoms with van der Waals surface area (Å²) in [5.41, 5.74) is -2.06. The summed E-state index contributed by atoms with van der Waals surface area (Å²) in [5, 5.41) is 0. The van der Waals surface area contributed by atoms with Gasteiger partial charge in [0.2, 0.25) is 5.91 Å². The Kier molecular flexibility index (Phi) is 1.89. The number of ether oxygens (including phenoxy) is 1. The number of fused-ring (bicyclic) bond motifs is 2. The fourth-order valence-electron chi connectivity index (χ4n) is 2.67. The minimum Gasteiger partial charge on any atom is -0.374 e. The Balaban J connectivity index is 1.79. The molecule has 16 heavy (non-hydrogen) atoms. The van der Waals surface area contributed by atoms with Crippen LogP contribution in [-0.4, -0.2) is 42.3 Å². The van der Waals surface area contributed by atoms with Crippen molar-refractivity contribution in [3.8, 4) is 0 Å². The van der Waals surface area contributed by atoms with Crippen molar-refractivity contribution in [2.75, 3.05) is 13.2 Å². The maximum absolute atomic E-state index is 12.8. The summed E-state index contributed by atoms with van der Waals surface area (Å²) in [6.07, 6.45) is -3.85. The van der Waals surface area contributed by atoms with E-state index in [9.17, 15) is 18.0 Å². The number of halogens is 3. The van der Waals surface area contributed by atoms with Gasteiger partial charge in [-0.3, -0.25) is 4.79 Å². The van der Waals surface area contributed by atoms with Crippen LogP contribution in [0.15, 0.2) is 0 Å². The standard InChI is InChI=1S/C10H12F3NO2/c11-10(12,13)9(1-2-9)8(15)14-4-7-3-6(14)5-16-7/h6-7H,1-5H2/t6-,7-/m0/s1. The number of carbonyl (C=O) groups is 1. The first-order chi connectivity index (χ1) is 7.44. The second-order valence-electron chi connectivity index (χ2n) is 4.88. The fraction of sp³-hybridized carbons (Fsp3) is 0.900. The van der Waals surface area contributed by atoms with Crippen molar-refractivity contribution in [3.05, 3.63) is 0 Å². The smallest absolute Gasteiger partial charge is 0.374 e. The van der Waals surface area contributed by atoms with Gasteiger partial charge in [-0.2, -0.15) is 13.2 Å². The second kappa shape index (κ2) is 2.91. The number of hydrogen-bond acceptors (Lipinski definition) is 2. The van der Waals surface area contributed by atoms with Gasteiger partial charge >= 0.3 is 6.18 Å². The molecule has 6 heteroatoms. The zero-order valence-corrected chi connectivity index (χ0v) is 8.59. The van der Waals surface area contributed by atoms with E-state index < -0.39 is 17.5 Å². The van der Waals surface area contributed by atoms with E-state index in [1.54, 1.807) is 0 Å². The van der Waals surface area contributed by atoms with Crippen molar-refractivity contribution >= 4 is 5.91 Å². The highest BCUT2D eigenvalue weighted by atomic mass is 19.4. The summed E-state index contributed by atoms with van der Waals surface area (Å²) < 4.78 is 43.6. The van der Waals surface area contributed by atoms with E-state index in [0.717, 1.165) is 0 Å². The number of morpholine rings is 1. The lowest BCUT2D eigenvalue weighted by Crippen LogP contribution is -2.49. The van der Waals surface area contributed by atoms with E-state index in [1.165, 1.54) is 4.90 Å². The SMILES string of the molecule is O=C(N1C[C@@H]2C[C@H]1CO2)C1(C(F)(F)F)CC1. The molecule has 0 radical (unpaired) electrons. The highest BCUT2D eigenvalue weighted by Gasteiger charge is 2.70. The topological polar surface area (TPSA) is 29.5 Å². The lowest BCUT2D eigenvalue weighted by molar-refractivity contribution is -0.200. The van der Waals surface area contributed by atoms with Crippen LogP contribution in [0.25, 0.3) is 0 Å². The number of rotatable bonds is 1. The van der Waals surface area contributed by atoms with Crippen molar-refractivity contribution in [3.63, 3.8) is 0 Å². The predicted molar refractivity (Wildman–Crippen MR) is 47.6 cm³/mol. The molecule has 0 unspecified atom stereocenters. The van der Waals surface area contributed by atoms with Gasteiger partial charge in [-0.25, -0.2) is 0 Å². The van der Waals surface area contributed by atoms with Crippen LogP contribution < -0.4 is 0 Å². The molecule has 3 nitrogen and oxygen atoms in total. The Morgan fingerprint density at radius 1 is 1.38 bits per heavy atom. The summed E-state index contributed by atoms with van der Waals surface area (Å²) in [4.78, 5) is 13.3. The Bertz CT molecular complexity index is 337. The van der Waals surface area contributed by atoms with Gasteiger partial charge in [0.05, 0.1) is 18.8 Å². The van der Waals surface area contributed by atoms with Gasteiger partial charge in [0.1, 0.15) is 5.41 Å². The average Bonchev–Trinajstić information content (AvgIpc) is 2.78. The van der Waals surface area contributed by atoms with Gasteiger partial charge in [0, 0.05) is 6.54 Å². The van der Waals surface area contributed by atoms with Crippen LogP contribution in [0.1, 0.15) is 19.3 Å². The van der Waals surface area contributed by atoms with Crippen molar-refractivity contribution in [1.82, 2.24) is 4.90 Å². The van der Waals surface area contributed by atoms with Crippen LogP contribution in [0, 0.1) is 5.41 Å². The zero-order chi connectivity index (χ0) is 11.6. The molecule has 2 saturated heterocycles. The highest BCUT2D eigenvalue weighted by molar-refractivity contribution is 5.87. The molecule has 3 aliphatic rings. The number of hydrogen-bond donors (Lipinski definition) is 0. The number of alkyl halides is 3. The highest BCUT2D eigenvalue weighted by Crippen LogP contribution is 2.59. The molecule has 0 aromatic rings. The van der Waals surface area contributed by atoms with Crippen LogP contribution in [0.4, 0.5) is 13.2 Å². The van der Waals surface area contributed by atoms with Crippen LogP contribution in [0.2, 0.25) is 0 Å². The molecule has 1 aliphatic carbocycles. The van der Waals surface area contributed by atoms with Gasteiger partial charge in [0.25, 0.3) is 0 Å². The lowest BCUT2D eigenvalue weighted by Gasteiger charge is -2.31. The summed E-state index contributed by atoms with van der Waals surface area (Å²) in [7, 11) is 0. The van der Waals surface area contributed by atoms with E-state index in [4.69, 9.17) is 4.74 Å². The van der Waals surface area contributed by atoms with E-state index in [-0.39, 0.29) is 25.0 Å². The van der Waals surface area contributed by atoms with Gasteiger partial charge in [-0.15, -0.1) is 0 Å². The molecule has 2 heterocycles. The molecule has 90 valence electrons. The minimum absolute atomic E-state index is 0.0435. The molecule has 0 aromatic carbocycles. The first-order valence-corrected chi connectivity index (χ1v) is 5.43. The van der Waals surface area contributed by atoms with Crippen LogP contribution in [0.3, 0.4) is 0 Å². The maximum atomic E-state index is 12.8. The van der Waals surface area contributed by atoms with E-state index in [2.05, 4.69) is 0 Å². The van der Waals surface area contributed by atoms with Gasteiger partial charge in [-0.05, 0) is 19.3 Å². The summed E-state index contributed by atoms with van der Waals surface area (Å²) >= 11 is 0. The molecule has 3 rings (SSSR count). The summed E-state index contributed by atoms with van der Waals surface area (Å²) in [6, 6.07) is -0.127. The van der Waals surface area contributed by atoms with Crippen LogP contribution in [-0.2, 0) is 9.53 Å². The molecular formula is C10H12F3NO2. The summed E-state index contributed by atoms with van der Waals surface area (Å²) in [5.74, 6) is -0.726. The van der Waals surface area contributed by atoms with Crippen LogP contribution >= 0.6 is 0 Å². The Morgan fingerprint density at radius 2 is 2.06 bits per heavy atom. The molecular weight excluding hydrogens is 223 g/mol. The van der Waals surface area contributed by atoms with E-state index in [1.807, 2.05) is 0 Å². The number of amides is 1. The van der Waals surface area contributed by atoms with Gasteiger partial charge in [-0.1, -0.05) is 0 Å². The molecule has 3 fully saturated rings. The monoisotopic (exact) mass is 235 g/mol. The van der Waals surface area contributed by atoms with Crippen molar-refractivity contribution in [2.24, 2.45) is 5.41 Å². The normalized spacial score (nSPS) is 35.6. The Hall–Kier alpha value is -0.780. The summed E-state index contributed by atoms with van der Waals surface area (Å²) in [6.45, 7) is 0.728. The lowest BCUT2D eigenvalue weighted by atomic mass is 10.0. The maximum Gasteiger partial charge on any atom is 0.403 e. The number of carbonyl (C=O) groups excluding carboxylic acids is 1. The third-order valence-electron chi connectivity index (χ3n) is 3.86. The van der Waals surface area contributed by atoms with Crippen LogP contribution in [0.5, 0.6) is 0 Å². The van der Waals surface area contributed by atoms with E-state index >= 15 is 0 Å². The third-order valence-corrected chi connectivity index (χ3v) is 3.86. The molecule has 0 N–H and O–H groups in total. The second-order valence-corrected chi connectivity index (χ2v) is 4.88. The fourth-order valence-corrected chi connectivity index (χ4v) is 2.67. The van der Waals surface area contributed by atoms with Crippen molar-refractivity contribution in [2.45, 2.75) is 37.6 Å². The molecule has 1 amide bonds. The molecule has 2 atom stereocenters. The average molecular weight is 235 g/mol. The molecule has 1 saturated carbocycles. The Labute approximate surface area is 90.5 Å². The largest absolute Gasteiger partial charge is 0.403 e. The Morgan fingerprint density at radius 3 is 2.44 bits per heavy atom. The molecule has 2 aliphatic heterocycles. The number of nitrogens with zero attached hydrogens (tertiary/aromatic N) is 1. The molecule has 0 spiro atoms. The quantitative estimate of drug-likeness (QED) is 0.686. The van der Waals surface area contributed by atoms with Gasteiger partial charge < -0.3 is 9.64 Å². The third kappa shape index (κ3) is 1.22. The zero-order valence-electron chi connectivity index (χ0n) is 8.59. The first kappa shape index (κ1) is 10.4. The van der Waals surface area contributed by atoms with E-state index in [0.29, 0.717) is 19.6 Å². The first-order valence-electron chi connectivity index (χ1n) is 5.43.